The molecule has 0 saturated carbocycles. The highest BCUT2D eigenvalue weighted by molar-refractivity contribution is 7.89. The number of carbonyl (C=O) groups excluding carboxylic acids is 1. The Morgan fingerprint density at radius 1 is 1.00 bits per heavy atom. The minimum atomic E-state index is -3.84. The third-order valence-corrected chi connectivity index (χ3v) is 4.55. The number of amides is 1. The molecule has 0 unspecified atom stereocenters. The van der Waals surface area contributed by atoms with E-state index in [0.717, 1.165) is 5.56 Å². The molecule has 2 aromatic rings. The normalized spacial score (nSPS) is 11.1. The summed E-state index contributed by atoms with van der Waals surface area (Å²) in [5.74, 6) is -0.830. The Bertz CT molecular complexity index is 745. The lowest BCUT2D eigenvalue weighted by Gasteiger charge is -2.11. The molecule has 0 bridgehead atoms. The monoisotopic (exact) mass is 320 g/mol. The van der Waals surface area contributed by atoms with Gasteiger partial charge in [0.25, 0.3) is 5.91 Å². The second-order valence-electron chi connectivity index (χ2n) is 4.63. The van der Waals surface area contributed by atoms with E-state index in [4.69, 9.17) is 5.21 Å². The van der Waals surface area contributed by atoms with Gasteiger partial charge in [0.05, 0.1) is 11.4 Å². The zero-order chi connectivity index (χ0) is 16.0. The average molecular weight is 320 g/mol. The molecule has 0 saturated heterocycles. The van der Waals surface area contributed by atoms with Crippen molar-refractivity contribution in [3.8, 4) is 0 Å². The van der Waals surface area contributed by atoms with Gasteiger partial charge < -0.3 is 0 Å². The molecule has 6 nitrogen and oxygen atoms in total. The summed E-state index contributed by atoms with van der Waals surface area (Å²) >= 11 is 0. The number of hydrogen-bond acceptors (Lipinski definition) is 4. The first-order valence-electron chi connectivity index (χ1n) is 6.57. The van der Waals surface area contributed by atoms with Gasteiger partial charge in [-0.2, -0.15) is 0 Å². The maximum Gasteiger partial charge on any atom is 0.258 e. The molecule has 0 radical (unpaired) electrons. The quantitative estimate of drug-likeness (QED) is 0.548. The van der Waals surface area contributed by atoms with Crippen molar-refractivity contribution < 1.29 is 18.4 Å². The first kappa shape index (κ1) is 16.2. The Balaban J connectivity index is 2.26. The zero-order valence-electron chi connectivity index (χ0n) is 11.7. The van der Waals surface area contributed by atoms with Crippen molar-refractivity contribution in [2.24, 2.45) is 0 Å². The molecule has 0 aliphatic carbocycles. The van der Waals surface area contributed by atoms with E-state index in [1.807, 2.05) is 30.3 Å². The van der Waals surface area contributed by atoms with Crippen molar-refractivity contribution in [3.63, 3.8) is 0 Å². The summed E-state index contributed by atoms with van der Waals surface area (Å²) in [7, 11) is -3.84. The highest BCUT2D eigenvalue weighted by atomic mass is 32.2. The maximum atomic E-state index is 12.3. The lowest BCUT2D eigenvalue weighted by molar-refractivity contribution is -0.127. The third kappa shape index (κ3) is 4.14. The van der Waals surface area contributed by atoms with E-state index in [0.29, 0.717) is 12.0 Å². The van der Waals surface area contributed by atoms with Gasteiger partial charge in [0.2, 0.25) is 10.0 Å². The van der Waals surface area contributed by atoms with E-state index in [2.05, 4.69) is 4.72 Å². The van der Waals surface area contributed by atoms with Crippen LogP contribution < -0.4 is 10.2 Å². The lowest BCUT2D eigenvalue weighted by atomic mass is 10.1. The Kier molecular flexibility index (Phi) is 5.26. The van der Waals surface area contributed by atoms with Crippen molar-refractivity contribution in [1.82, 2.24) is 10.2 Å². The van der Waals surface area contributed by atoms with Crippen molar-refractivity contribution in [1.29, 1.82) is 0 Å². The summed E-state index contributed by atoms with van der Waals surface area (Å²) in [4.78, 5) is 11.1. The molecule has 0 aliphatic rings. The van der Waals surface area contributed by atoms with Gasteiger partial charge in [0.15, 0.2) is 0 Å². The molecule has 0 atom stereocenters. The molecule has 116 valence electrons. The van der Waals surface area contributed by atoms with Crippen molar-refractivity contribution in [2.75, 3.05) is 6.54 Å². The summed E-state index contributed by atoms with van der Waals surface area (Å²) in [5.41, 5.74) is 2.99. The minimum absolute atomic E-state index is 0.115. The van der Waals surface area contributed by atoms with Gasteiger partial charge in [-0.05, 0) is 23.6 Å². The Hall–Kier alpha value is -2.22. The fraction of sp³-hybridized carbons (Fsp3) is 0.133. The van der Waals surface area contributed by atoms with Crippen LogP contribution in [-0.2, 0) is 21.2 Å². The standard InChI is InChI=1S/C15H16N2O4S/c18-15(17-19)11-16-22(20,21)14-9-5-4-8-13(14)10-12-6-2-1-3-7-12/h1-9,16,19H,10-11H2,(H,17,18). The second-order valence-corrected chi connectivity index (χ2v) is 6.37. The van der Waals surface area contributed by atoms with Crippen LogP contribution in [0.2, 0.25) is 0 Å². The number of rotatable bonds is 6. The van der Waals surface area contributed by atoms with Gasteiger partial charge in [-0.3, -0.25) is 10.0 Å². The van der Waals surface area contributed by atoms with Gasteiger partial charge >= 0.3 is 0 Å². The van der Waals surface area contributed by atoms with E-state index >= 15 is 0 Å². The van der Waals surface area contributed by atoms with Crippen LogP contribution in [0.4, 0.5) is 0 Å². The van der Waals surface area contributed by atoms with Gasteiger partial charge in [-0.1, -0.05) is 48.5 Å². The van der Waals surface area contributed by atoms with Gasteiger partial charge in [0.1, 0.15) is 0 Å². The van der Waals surface area contributed by atoms with Gasteiger partial charge in [-0.25, -0.2) is 18.6 Å². The number of benzene rings is 2. The molecular formula is C15H16N2O4S. The molecule has 0 fully saturated rings. The topological polar surface area (TPSA) is 95.5 Å². The largest absolute Gasteiger partial charge is 0.289 e. The van der Waals surface area contributed by atoms with Gasteiger partial charge in [-0.15, -0.1) is 0 Å². The van der Waals surface area contributed by atoms with Crippen LogP contribution in [0.3, 0.4) is 0 Å². The van der Waals surface area contributed by atoms with Crippen LogP contribution in [0, 0.1) is 0 Å². The van der Waals surface area contributed by atoms with Gasteiger partial charge in [0, 0.05) is 0 Å². The van der Waals surface area contributed by atoms with Crippen LogP contribution in [0.15, 0.2) is 59.5 Å². The van der Waals surface area contributed by atoms with Crippen LogP contribution >= 0.6 is 0 Å². The van der Waals surface area contributed by atoms with Crippen LogP contribution in [0.25, 0.3) is 0 Å². The van der Waals surface area contributed by atoms with Crippen LogP contribution in [0.1, 0.15) is 11.1 Å². The SMILES string of the molecule is O=C(CNS(=O)(=O)c1ccccc1Cc1ccccc1)NO. The number of nitrogens with one attached hydrogen (secondary N) is 2. The third-order valence-electron chi connectivity index (χ3n) is 3.05. The molecule has 2 rings (SSSR count). The molecule has 0 aromatic heterocycles. The molecular weight excluding hydrogens is 304 g/mol. The Morgan fingerprint density at radius 2 is 1.64 bits per heavy atom. The fourth-order valence-electron chi connectivity index (χ4n) is 2.01. The highest BCUT2D eigenvalue weighted by Crippen LogP contribution is 2.18. The number of hydroxylamine groups is 1. The van der Waals surface area contributed by atoms with Crippen LogP contribution in [-0.4, -0.2) is 26.1 Å². The van der Waals surface area contributed by atoms with E-state index in [9.17, 15) is 13.2 Å². The molecule has 2 aromatic carbocycles. The summed E-state index contributed by atoms with van der Waals surface area (Å²) in [5, 5.41) is 8.42. The fourth-order valence-corrected chi connectivity index (χ4v) is 3.23. The summed E-state index contributed by atoms with van der Waals surface area (Å²) in [6, 6.07) is 16.1. The predicted molar refractivity (Wildman–Crippen MR) is 80.8 cm³/mol. The lowest BCUT2D eigenvalue weighted by Crippen LogP contribution is -2.35. The minimum Gasteiger partial charge on any atom is -0.289 e. The Labute approximate surface area is 128 Å². The number of carbonyl (C=O) groups is 1. The molecule has 22 heavy (non-hydrogen) atoms. The molecule has 3 N–H and O–H groups in total. The van der Waals surface area contributed by atoms with E-state index in [1.54, 1.807) is 18.2 Å². The second kappa shape index (κ2) is 7.17. The van der Waals surface area contributed by atoms with E-state index in [-0.39, 0.29) is 4.90 Å². The number of hydrogen-bond donors (Lipinski definition) is 3. The smallest absolute Gasteiger partial charge is 0.258 e. The summed E-state index contributed by atoms with van der Waals surface area (Å²) in [6.45, 7) is -0.529. The molecule has 0 heterocycles. The zero-order valence-corrected chi connectivity index (χ0v) is 12.5. The molecule has 7 heteroatoms. The highest BCUT2D eigenvalue weighted by Gasteiger charge is 2.19. The molecule has 1 amide bonds. The Morgan fingerprint density at radius 3 is 2.32 bits per heavy atom. The van der Waals surface area contributed by atoms with E-state index < -0.39 is 22.5 Å². The van der Waals surface area contributed by atoms with E-state index in [1.165, 1.54) is 11.5 Å². The first-order chi connectivity index (χ1) is 10.5. The first-order valence-corrected chi connectivity index (χ1v) is 8.05. The average Bonchev–Trinajstić information content (AvgIpc) is 2.54. The van der Waals surface area contributed by atoms with Crippen molar-refractivity contribution in [3.05, 3.63) is 65.7 Å². The number of sulfonamides is 1. The van der Waals surface area contributed by atoms with Crippen molar-refractivity contribution >= 4 is 15.9 Å². The maximum absolute atomic E-state index is 12.3. The van der Waals surface area contributed by atoms with Crippen LogP contribution in [0.5, 0.6) is 0 Å². The summed E-state index contributed by atoms with van der Waals surface area (Å²) < 4.78 is 26.7. The van der Waals surface area contributed by atoms with Crippen molar-refractivity contribution in [2.45, 2.75) is 11.3 Å². The summed E-state index contributed by atoms with van der Waals surface area (Å²) in [6.07, 6.45) is 0.462. The molecule has 0 spiro atoms. The molecule has 0 aliphatic heterocycles. The predicted octanol–water partition coefficient (Wildman–Crippen LogP) is 1.06.